The van der Waals surface area contributed by atoms with Crippen molar-refractivity contribution in [1.29, 1.82) is 0 Å². The van der Waals surface area contributed by atoms with E-state index in [-0.39, 0.29) is 0 Å². The number of carbonyl (C=O) groups excluding carboxylic acids is 3. The molecule has 0 aliphatic carbocycles. The Morgan fingerprint density at radius 1 is 1.26 bits per heavy atom. The molecule has 0 radical (unpaired) electrons. The standard InChI is InChI=1S/C16H19FN2O4/c1-15(2,3)23-12(20)9-19-13(21)16(4,18-14(19)22)10-5-7-11(17)8-6-10/h5-8H,9H2,1-4H3,(H,18,22). The molecule has 1 heterocycles. The number of hydrogen-bond acceptors (Lipinski definition) is 4. The Morgan fingerprint density at radius 2 is 1.83 bits per heavy atom. The van der Waals surface area contributed by atoms with Crippen LogP contribution < -0.4 is 5.32 Å². The highest BCUT2D eigenvalue weighted by atomic mass is 19.1. The lowest BCUT2D eigenvalue weighted by Crippen LogP contribution is -2.42. The maximum atomic E-state index is 13.0. The predicted octanol–water partition coefficient (Wildman–Crippen LogP) is 1.93. The van der Waals surface area contributed by atoms with Gasteiger partial charge in [0.25, 0.3) is 5.91 Å². The van der Waals surface area contributed by atoms with E-state index in [9.17, 15) is 18.8 Å². The van der Waals surface area contributed by atoms with E-state index in [1.165, 1.54) is 31.2 Å². The number of benzene rings is 1. The summed E-state index contributed by atoms with van der Waals surface area (Å²) >= 11 is 0. The van der Waals surface area contributed by atoms with E-state index in [4.69, 9.17) is 4.74 Å². The predicted molar refractivity (Wildman–Crippen MR) is 79.8 cm³/mol. The van der Waals surface area contributed by atoms with Gasteiger partial charge in [0, 0.05) is 0 Å². The second kappa shape index (κ2) is 5.64. The number of nitrogens with one attached hydrogen (secondary N) is 1. The highest BCUT2D eigenvalue weighted by Crippen LogP contribution is 2.29. The summed E-state index contributed by atoms with van der Waals surface area (Å²) in [5, 5.41) is 2.54. The van der Waals surface area contributed by atoms with Crippen molar-refractivity contribution in [2.45, 2.75) is 38.8 Å². The monoisotopic (exact) mass is 322 g/mol. The first-order valence-electron chi connectivity index (χ1n) is 7.15. The van der Waals surface area contributed by atoms with Crippen molar-refractivity contribution in [1.82, 2.24) is 10.2 Å². The third-order valence-corrected chi connectivity index (χ3v) is 3.40. The van der Waals surface area contributed by atoms with Gasteiger partial charge in [-0.25, -0.2) is 9.18 Å². The fourth-order valence-electron chi connectivity index (χ4n) is 2.32. The molecule has 1 aromatic rings. The molecule has 3 amide bonds. The number of carbonyl (C=O) groups is 3. The summed E-state index contributed by atoms with van der Waals surface area (Å²) in [5.41, 5.74) is -1.62. The van der Waals surface area contributed by atoms with Gasteiger partial charge >= 0.3 is 12.0 Å². The van der Waals surface area contributed by atoms with Gasteiger partial charge in [-0.15, -0.1) is 0 Å². The van der Waals surface area contributed by atoms with Crippen LogP contribution in [0.25, 0.3) is 0 Å². The molecule has 1 fully saturated rings. The summed E-state index contributed by atoms with van der Waals surface area (Å²) < 4.78 is 18.2. The van der Waals surface area contributed by atoms with Gasteiger partial charge < -0.3 is 10.1 Å². The van der Waals surface area contributed by atoms with Gasteiger partial charge in [0.15, 0.2) is 0 Å². The number of rotatable bonds is 3. The molecule has 0 aromatic heterocycles. The van der Waals surface area contributed by atoms with E-state index in [0.717, 1.165) is 4.90 Å². The molecule has 1 saturated heterocycles. The Hall–Kier alpha value is -2.44. The number of esters is 1. The van der Waals surface area contributed by atoms with E-state index in [1.54, 1.807) is 20.8 Å². The maximum absolute atomic E-state index is 13.0. The van der Waals surface area contributed by atoms with Crippen molar-refractivity contribution in [3.05, 3.63) is 35.6 Å². The molecule has 0 bridgehead atoms. The second-order valence-corrected chi connectivity index (χ2v) is 6.54. The molecule has 6 nitrogen and oxygen atoms in total. The molecule has 0 saturated carbocycles. The van der Waals surface area contributed by atoms with Crippen LogP contribution in [-0.4, -0.2) is 35.0 Å². The third-order valence-electron chi connectivity index (χ3n) is 3.40. The second-order valence-electron chi connectivity index (χ2n) is 6.54. The number of imide groups is 1. The Labute approximate surface area is 133 Å². The number of hydrogen-bond donors (Lipinski definition) is 1. The van der Waals surface area contributed by atoms with Gasteiger partial charge in [-0.3, -0.25) is 14.5 Å². The summed E-state index contributed by atoms with van der Waals surface area (Å²) in [7, 11) is 0. The first kappa shape index (κ1) is 16.9. The largest absolute Gasteiger partial charge is 0.459 e. The Balaban J connectivity index is 2.19. The maximum Gasteiger partial charge on any atom is 0.326 e. The Morgan fingerprint density at radius 3 is 2.35 bits per heavy atom. The SMILES string of the molecule is CC(C)(C)OC(=O)CN1C(=O)NC(C)(c2ccc(F)cc2)C1=O. The minimum Gasteiger partial charge on any atom is -0.459 e. The van der Waals surface area contributed by atoms with Crippen LogP contribution in [0.3, 0.4) is 0 Å². The Bertz CT molecular complexity index is 651. The topological polar surface area (TPSA) is 75.7 Å². The lowest BCUT2D eigenvalue weighted by molar-refractivity contribution is -0.157. The van der Waals surface area contributed by atoms with Crippen molar-refractivity contribution in [3.8, 4) is 0 Å². The summed E-state index contributed by atoms with van der Waals surface area (Å²) in [6.45, 7) is 6.12. The van der Waals surface area contributed by atoms with E-state index < -0.39 is 41.4 Å². The van der Waals surface area contributed by atoms with Crippen LogP contribution in [0.5, 0.6) is 0 Å². The van der Waals surface area contributed by atoms with E-state index >= 15 is 0 Å². The normalized spacial score (nSPS) is 21.3. The molecule has 1 atom stereocenters. The van der Waals surface area contributed by atoms with Gasteiger partial charge in [0.2, 0.25) is 0 Å². The minimum absolute atomic E-state index is 0.434. The first-order valence-corrected chi connectivity index (χ1v) is 7.15. The van der Waals surface area contributed by atoms with Crippen molar-refractivity contribution in [3.63, 3.8) is 0 Å². The number of amides is 3. The van der Waals surface area contributed by atoms with Crippen molar-refractivity contribution in [2.75, 3.05) is 6.54 Å². The van der Waals surface area contributed by atoms with Gasteiger partial charge in [-0.05, 0) is 45.4 Å². The molecule has 1 unspecified atom stereocenters. The molecule has 7 heteroatoms. The minimum atomic E-state index is -1.34. The van der Waals surface area contributed by atoms with E-state index in [2.05, 4.69) is 5.32 Å². The Kier molecular flexibility index (Phi) is 4.15. The zero-order valence-corrected chi connectivity index (χ0v) is 13.5. The number of ether oxygens (including phenoxy) is 1. The highest BCUT2D eigenvalue weighted by molar-refractivity contribution is 6.08. The number of halogens is 1. The van der Waals surface area contributed by atoms with Gasteiger partial charge in [-0.1, -0.05) is 12.1 Å². The molecular formula is C16H19FN2O4. The van der Waals surface area contributed by atoms with Gasteiger partial charge in [0.05, 0.1) is 0 Å². The van der Waals surface area contributed by atoms with E-state index in [0.29, 0.717) is 5.56 Å². The zero-order valence-electron chi connectivity index (χ0n) is 13.5. The number of urea groups is 1. The van der Waals surface area contributed by atoms with Gasteiger partial charge in [-0.2, -0.15) is 0 Å². The highest BCUT2D eigenvalue weighted by Gasteiger charge is 2.49. The average Bonchev–Trinajstić information content (AvgIpc) is 2.62. The fourth-order valence-corrected chi connectivity index (χ4v) is 2.32. The molecule has 1 aliphatic rings. The lowest BCUT2D eigenvalue weighted by atomic mass is 9.92. The van der Waals surface area contributed by atoms with Crippen molar-refractivity contribution in [2.24, 2.45) is 0 Å². The van der Waals surface area contributed by atoms with Crippen LogP contribution in [0.15, 0.2) is 24.3 Å². The molecule has 0 spiro atoms. The van der Waals surface area contributed by atoms with Crippen LogP contribution in [0.2, 0.25) is 0 Å². The number of nitrogens with zero attached hydrogens (tertiary/aromatic N) is 1. The molecule has 1 aromatic carbocycles. The third kappa shape index (κ3) is 3.49. The summed E-state index contributed by atoms with van der Waals surface area (Å²) in [6.07, 6.45) is 0. The van der Waals surface area contributed by atoms with Crippen molar-refractivity contribution >= 4 is 17.9 Å². The molecule has 1 N–H and O–H groups in total. The van der Waals surface area contributed by atoms with Crippen LogP contribution in [0.4, 0.5) is 9.18 Å². The smallest absolute Gasteiger partial charge is 0.326 e. The zero-order chi connectivity index (χ0) is 17.4. The average molecular weight is 322 g/mol. The van der Waals surface area contributed by atoms with Crippen LogP contribution in [-0.2, 0) is 19.9 Å². The molecule has 124 valence electrons. The quantitative estimate of drug-likeness (QED) is 0.681. The molecule has 2 rings (SSSR count). The lowest BCUT2D eigenvalue weighted by Gasteiger charge is -2.23. The van der Waals surface area contributed by atoms with Crippen LogP contribution in [0.1, 0.15) is 33.3 Å². The summed E-state index contributed by atoms with van der Waals surface area (Å²) in [5.74, 6) is -1.70. The van der Waals surface area contributed by atoms with E-state index in [1.807, 2.05) is 0 Å². The van der Waals surface area contributed by atoms with Crippen LogP contribution in [0, 0.1) is 5.82 Å². The fraction of sp³-hybridized carbons (Fsp3) is 0.438. The molecule has 1 aliphatic heterocycles. The van der Waals surface area contributed by atoms with Crippen molar-refractivity contribution < 1.29 is 23.5 Å². The molecule has 23 heavy (non-hydrogen) atoms. The summed E-state index contributed by atoms with van der Waals surface area (Å²) in [4.78, 5) is 37.3. The first-order chi connectivity index (χ1) is 10.5. The molecular weight excluding hydrogens is 303 g/mol. The van der Waals surface area contributed by atoms with Crippen LogP contribution >= 0.6 is 0 Å². The van der Waals surface area contributed by atoms with Gasteiger partial charge in [0.1, 0.15) is 23.5 Å². The summed E-state index contributed by atoms with van der Waals surface area (Å²) in [6, 6.07) is 4.56.